The van der Waals surface area contributed by atoms with Crippen LogP contribution in [0.4, 0.5) is 11.4 Å². The van der Waals surface area contributed by atoms with Gasteiger partial charge in [-0.1, -0.05) is 48.0 Å². The third-order valence-corrected chi connectivity index (χ3v) is 8.44. The molecule has 4 heterocycles. The van der Waals surface area contributed by atoms with E-state index < -0.39 is 29.3 Å². The summed E-state index contributed by atoms with van der Waals surface area (Å²) < 4.78 is 5.34. The molecule has 1 aromatic heterocycles. The molecular weight excluding hydrogens is 504 g/mol. The van der Waals surface area contributed by atoms with Crippen LogP contribution in [0.1, 0.15) is 11.1 Å². The quantitative estimate of drug-likeness (QED) is 0.349. The van der Waals surface area contributed by atoms with Gasteiger partial charge >= 0.3 is 0 Å². The largest absolute Gasteiger partial charge is 0.497 e. The van der Waals surface area contributed by atoms with Gasteiger partial charge in [0.25, 0.3) is 0 Å². The number of ether oxygens (including phenoxy) is 1. The van der Waals surface area contributed by atoms with Gasteiger partial charge in [-0.05, 0) is 36.2 Å². The summed E-state index contributed by atoms with van der Waals surface area (Å²) in [5.74, 6) is -2.34. The molecular formula is C29H23ClN4O4. The van der Waals surface area contributed by atoms with E-state index >= 15 is 0 Å². The number of imide groups is 1. The van der Waals surface area contributed by atoms with Crippen LogP contribution in [0.15, 0.2) is 72.9 Å². The van der Waals surface area contributed by atoms with Crippen LogP contribution in [0.25, 0.3) is 10.9 Å². The second kappa shape index (κ2) is 8.18. The molecule has 2 saturated heterocycles. The number of halogens is 1. The molecule has 7 rings (SSSR count). The van der Waals surface area contributed by atoms with Crippen molar-refractivity contribution in [3.63, 3.8) is 0 Å². The summed E-state index contributed by atoms with van der Waals surface area (Å²) in [4.78, 5) is 46.5. The Morgan fingerprint density at radius 1 is 1.00 bits per heavy atom. The van der Waals surface area contributed by atoms with Crippen LogP contribution in [-0.4, -0.2) is 35.9 Å². The minimum absolute atomic E-state index is 0.342. The molecule has 3 aliphatic heterocycles. The summed E-state index contributed by atoms with van der Waals surface area (Å²) in [6.07, 6.45) is 2.37. The van der Waals surface area contributed by atoms with Gasteiger partial charge in [0.1, 0.15) is 11.3 Å². The summed E-state index contributed by atoms with van der Waals surface area (Å²) in [6, 6.07) is 19.5. The van der Waals surface area contributed by atoms with Crippen LogP contribution in [0.2, 0.25) is 5.02 Å². The van der Waals surface area contributed by atoms with Gasteiger partial charge in [-0.2, -0.15) is 0 Å². The monoisotopic (exact) mass is 526 g/mol. The fourth-order valence-electron chi connectivity index (χ4n) is 6.51. The van der Waals surface area contributed by atoms with Gasteiger partial charge < -0.3 is 15.0 Å². The molecule has 4 atom stereocenters. The van der Waals surface area contributed by atoms with Gasteiger partial charge in [0.15, 0.2) is 0 Å². The van der Waals surface area contributed by atoms with E-state index in [1.165, 1.54) is 12.0 Å². The number of carbonyl (C=O) groups is 3. The number of methoxy groups -OCH3 is 1. The van der Waals surface area contributed by atoms with Gasteiger partial charge in [0.2, 0.25) is 17.7 Å². The van der Waals surface area contributed by atoms with Gasteiger partial charge in [0, 0.05) is 34.8 Å². The van der Waals surface area contributed by atoms with E-state index in [1.54, 1.807) is 42.5 Å². The van der Waals surface area contributed by atoms with Crippen LogP contribution in [0, 0.1) is 11.8 Å². The lowest BCUT2D eigenvalue weighted by Crippen LogP contribution is -2.53. The smallest absolute Gasteiger partial charge is 0.250 e. The van der Waals surface area contributed by atoms with Crippen molar-refractivity contribution >= 4 is 51.6 Å². The highest BCUT2D eigenvalue weighted by Crippen LogP contribution is 2.55. The number of nitrogens with zero attached hydrogens (tertiary/aromatic N) is 1. The lowest BCUT2D eigenvalue weighted by atomic mass is 9.76. The Morgan fingerprint density at radius 2 is 1.82 bits per heavy atom. The zero-order chi connectivity index (χ0) is 26.2. The average Bonchev–Trinajstić information content (AvgIpc) is 3.64. The molecule has 0 unspecified atom stereocenters. The molecule has 1 spiro atoms. The van der Waals surface area contributed by atoms with Crippen LogP contribution in [0.5, 0.6) is 5.75 Å². The molecule has 38 heavy (non-hydrogen) atoms. The van der Waals surface area contributed by atoms with Crippen molar-refractivity contribution in [2.24, 2.45) is 11.8 Å². The van der Waals surface area contributed by atoms with Crippen molar-refractivity contribution in [1.29, 1.82) is 0 Å². The van der Waals surface area contributed by atoms with Crippen molar-refractivity contribution in [3.8, 4) is 5.75 Å². The number of para-hydroxylation sites is 2. The maximum Gasteiger partial charge on any atom is 0.250 e. The molecule has 3 aromatic carbocycles. The molecule has 8 nitrogen and oxygen atoms in total. The minimum atomic E-state index is -1.43. The highest BCUT2D eigenvalue weighted by Gasteiger charge is 2.70. The Labute approximate surface area is 222 Å². The maximum atomic E-state index is 14.2. The van der Waals surface area contributed by atoms with Crippen molar-refractivity contribution in [2.75, 3.05) is 17.3 Å². The molecule has 2 fully saturated rings. The lowest BCUT2D eigenvalue weighted by Gasteiger charge is -2.29. The number of benzene rings is 3. The molecule has 0 aliphatic carbocycles. The van der Waals surface area contributed by atoms with Crippen LogP contribution < -0.4 is 20.3 Å². The van der Waals surface area contributed by atoms with E-state index in [-0.39, 0.29) is 11.8 Å². The van der Waals surface area contributed by atoms with Gasteiger partial charge in [-0.15, -0.1) is 0 Å². The third-order valence-electron chi connectivity index (χ3n) is 8.13. The van der Waals surface area contributed by atoms with Crippen LogP contribution in [-0.2, 0) is 26.3 Å². The number of carbonyl (C=O) groups excluding carboxylic acids is 3. The molecule has 0 saturated carbocycles. The van der Waals surface area contributed by atoms with E-state index in [4.69, 9.17) is 16.3 Å². The number of anilines is 2. The van der Waals surface area contributed by atoms with E-state index in [0.717, 1.165) is 16.5 Å². The predicted molar refractivity (Wildman–Crippen MR) is 143 cm³/mol. The van der Waals surface area contributed by atoms with Gasteiger partial charge in [-0.25, -0.2) is 4.90 Å². The van der Waals surface area contributed by atoms with Crippen LogP contribution >= 0.6 is 11.6 Å². The number of hydrogen-bond acceptors (Lipinski definition) is 5. The SMILES string of the molecule is COc1cccc(N2C(=O)[C@@H]3[C@H](Cc4c[nH]c5ccccc45)N[C@@]4(C(=O)Nc5c(Cl)cccc54)[C@H]3C2=O)c1. The van der Waals surface area contributed by atoms with Gasteiger partial charge in [-0.3, -0.25) is 19.7 Å². The van der Waals surface area contributed by atoms with Crippen molar-refractivity contribution in [1.82, 2.24) is 10.3 Å². The highest BCUT2D eigenvalue weighted by atomic mass is 35.5. The Hall–Kier alpha value is -4.14. The Morgan fingerprint density at radius 3 is 2.66 bits per heavy atom. The number of H-pyrrole nitrogens is 1. The van der Waals surface area contributed by atoms with E-state index in [2.05, 4.69) is 15.6 Å². The Bertz CT molecular complexity index is 1670. The molecule has 0 bridgehead atoms. The fraction of sp³-hybridized carbons (Fsp3) is 0.207. The second-order valence-electron chi connectivity index (χ2n) is 9.96. The molecule has 3 amide bonds. The first-order valence-electron chi connectivity index (χ1n) is 12.4. The zero-order valence-electron chi connectivity index (χ0n) is 20.3. The number of nitrogens with one attached hydrogen (secondary N) is 3. The summed E-state index contributed by atoms with van der Waals surface area (Å²) >= 11 is 6.46. The van der Waals surface area contributed by atoms with Crippen molar-refractivity contribution < 1.29 is 19.1 Å². The van der Waals surface area contributed by atoms with Gasteiger partial charge in [0.05, 0.1) is 35.3 Å². The normalized spacial score (nSPS) is 25.8. The topological polar surface area (TPSA) is 104 Å². The lowest BCUT2D eigenvalue weighted by molar-refractivity contribution is -0.130. The Kier molecular flexibility index (Phi) is 4.95. The Balaban J connectivity index is 1.38. The first-order valence-corrected chi connectivity index (χ1v) is 12.8. The first kappa shape index (κ1) is 23.0. The van der Waals surface area contributed by atoms with Crippen LogP contribution in [0.3, 0.4) is 0 Å². The first-order chi connectivity index (χ1) is 18.4. The maximum absolute atomic E-state index is 14.2. The minimum Gasteiger partial charge on any atom is -0.497 e. The second-order valence-corrected chi connectivity index (χ2v) is 10.4. The number of rotatable bonds is 4. The highest BCUT2D eigenvalue weighted by molar-refractivity contribution is 6.35. The summed E-state index contributed by atoms with van der Waals surface area (Å²) in [7, 11) is 1.53. The van der Waals surface area contributed by atoms with E-state index in [0.29, 0.717) is 34.1 Å². The summed E-state index contributed by atoms with van der Waals surface area (Å²) in [5.41, 5.74) is 2.02. The molecule has 190 valence electrons. The number of amides is 3. The summed E-state index contributed by atoms with van der Waals surface area (Å²) in [5, 5.41) is 7.79. The standard InChI is InChI=1S/C29H23ClN4O4/c1-38-17-7-4-6-16(13-17)34-26(35)23-22(12-15-14-31-21-11-3-2-8-18(15)21)33-29(24(23)27(34)36)19-9-5-10-20(30)25(19)32-28(29)37/h2-11,13-14,22-24,31,33H,12H2,1H3,(H,32,37)/t22-,23+,24+,29+/m0/s1. The molecule has 9 heteroatoms. The summed E-state index contributed by atoms with van der Waals surface area (Å²) in [6.45, 7) is 0. The molecule has 0 radical (unpaired) electrons. The number of aromatic amines is 1. The fourth-order valence-corrected chi connectivity index (χ4v) is 6.73. The molecule has 4 aromatic rings. The number of aromatic nitrogens is 1. The average molecular weight is 527 g/mol. The number of hydrogen-bond donors (Lipinski definition) is 3. The zero-order valence-corrected chi connectivity index (χ0v) is 21.1. The third kappa shape index (κ3) is 2.98. The predicted octanol–water partition coefficient (Wildman–Crippen LogP) is 4.00. The van der Waals surface area contributed by atoms with E-state index in [1.807, 2.05) is 30.5 Å². The molecule has 3 N–H and O–H groups in total. The molecule has 3 aliphatic rings. The van der Waals surface area contributed by atoms with Crippen molar-refractivity contribution in [3.05, 3.63) is 89.1 Å². The number of fused-ring (bicyclic) bond motifs is 5. The van der Waals surface area contributed by atoms with Crippen molar-refractivity contribution in [2.45, 2.75) is 18.0 Å². The van der Waals surface area contributed by atoms with E-state index in [9.17, 15) is 14.4 Å².